The van der Waals surface area contributed by atoms with Gasteiger partial charge in [0.1, 0.15) is 11.4 Å². The minimum Gasteiger partial charge on any atom is -0.496 e. The standard InChI is InChI=1S/C24H28F3N7O3/c1-13(2)23(36)21(35)31-19-14(3)30-22(32-20(19)33(23)4)28-9-16-10-29-34(12-16)11-15-6-7-18(37-5)17(8-15)24(25,26)27/h6-8,10,12-13,36H,9,11H2,1-5H3,(H,31,35)(H,28,30,32)/t23-/m0/s1. The van der Waals surface area contributed by atoms with Crippen LogP contribution in [-0.2, 0) is 24.1 Å². The number of aryl methyl sites for hydroxylation is 1. The molecule has 3 N–H and O–H groups in total. The summed E-state index contributed by atoms with van der Waals surface area (Å²) in [7, 11) is 2.80. The molecule has 0 unspecified atom stereocenters. The molecule has 2 aromatic heterocycles. The van der Waals surface area contributed by atoms with Crippen LogP contribution in [-0.4, -0.2) is 50.6 Å². The SMILES string of the molecule is COc1ccc(Cn2cc(CNc3nc(C)c4c(n3)N(C)[C@](O)(C(C)C)C(=O)N4)cn2)cc1C(F)(F)F. The third-order valence-corrected chi connectivity index (χ3v) is 6.33. The lowest BCUT2D eigenvalue weighted by Crippen LogP contribution is -2.62. The van der Waals surface area contributed by atoms with Crippen molar-refractivity contribution in [1.82, 2.24) is 19.7 Å². The molecule has 0 radical (unpaired) electrons. The van der Waals surface area contributed by atoms with Crippen LogP contribution in [0.1, 0.15) is 36.2 Å². The number of carbonyl (C=O) groups is 1. The van der Waals surface area contributed by atoms with Gasteiger partial charge in [0.2, 0.25) is 11.7 Å². The number of hydrogen-bond acceptors (Lipinski definition) is 8. The molecule has 3 heterocycles. The molecule has 0 spiro atoms. The molecule has 1 aliphatic heterocycles. The Hall–Kier alpha value is -3.87. The Morgan fingerprint density at radius 1 is 1.24 bits per heavy atom. The van der Waals surface area contributed by atoms with Gasteiger partial charge in [-0.1, -0.05) is 19.9 Å². The van der Waals surface area contributed by atoms with Gasteiger partial charge in [0.25, 0.3) is 5.91 Å². The average Bonchev–Trinajstić information content (AvgIpc) is 3.28. The van der Waals surface area contributed by atoms with E-state index < -0.39 is 29.3 Å². The summed E-state index contributed by atoms with van der Waals surface area (Å²) >= 11 is 0. The van der Waals surface area contributed by atoms with Crippen molar-refractivity contribution >= 4 is 23.4 Å². The number of carbonyl (C=O) groups excluding carboxylic acids is 1. The highest BCUT2D eigenvalue weighted by Gasteiger charge is 2.48. The van der Waals surface area contributed by atoms with Gasteiger partial charge in [-0.2, -0.15) is 23.3 Å². The number of nitrogens with zero attached hydrogens (tertiary/aromatic N) is 5. The van der Waals surface area contributed by atoms with Crippen LogP contribution in [0.5, 0.6) is 5.75 Å². The highest BCUT2D eigenvalue weighted by atomic mass is 19.4. The Morgan fingerprint density at radius 3 is 2.62 bits per heavy atom. The van der Waals surface area contributed by atoms with Gasteiger partial charge in [0.15, 0.2) is 5.82 Å². The Balaban J connectivity index is 1.49. The van der Waals surface area contributed by atoms with Crippen LogP contribution in [0, 0.1) is 12.8 Å². The van der Waals surface area contributed by atoms with E-state index in [1.807, 2.05) is 0 Å². The molecule has 4 rings (SSSR count). The number of methoxy groups -OCH3 is 1. The van der Waals surface area contributed by atoms with Gasteiger partial charge >= 0.3 is 6.18 Å². The molecule has 1 atom stereocenters. The molecular formula is C24H28F3N7O3. The summed E-state index contributed by atoms with van der Waals surface area (Å²) in [5.41, 5.74) is -0.481. The number of fused-ring (bicyclic) bond motifs is 1. The summed E-state index contributed by atoms with van der Waals surface area (Å²) in [6, 6.07) is 3.90. The first-order valence-electron chi connectivity index (χ1n) is 11.5. The van der Waals surface area contributed by atoms with Crippen molar-refractivity contribution in [2.24, 2.45) is 5.92 Å². The van der Waals surface area contributed by atoms with Gasteiger partial charge in [-0.3, -0.25) is 9.48 Å². The molecular weight excluding hydrogens is 491 g/mol. The van der Waals surface area contributed by atoms with Crippen molar-refractivity contribution in [2.75, 3.05) is 29.7 Å². The second-order valence-electron chi connectivity index (χ2n) is 9.16. The van der Waals surface area contributed by atoms with Crippen molar-refractivity contribution in [1.29, 1.82) is 0 Å². The molecule has 37 heavy (non-hydrogen) atoms. The van der Waals surface area contributed by atoms with Crippen LogP contribution >= 0.6 is 0 Å². The van der Waals surface area contributed by atoms with Gasteiger partial charge in [-0.25, -0.2) is 4.98 Å². The number of benzene rings is 1. The Kier molecular flexibility index (Phi) is 6.76. The number of aliphatic hydroxyl groups is 1. The first-order chi connectivity index (χ1) is 17.3. The number of ether oxygens (including phenoxy) is 1. The minimum atomic E-state index is -4.53. The fourth-order valence-electron chi connectivity index (χ4n) is 4.22. The van der Waals surface area contributed by atoms with E-state index in [0.717, 1.165) is 11.6 Å². The molecule has 3 aromatic rings. The summed E-state index contributed by atoms with van der Waals surface area (Å²) in [5.74, 6) is -0.527. The van der Waals surface area contributed by atoms with Crippen LogP contribution < -0.4 is 20.3 Å². The smallest absolute Gasteiger partial charge is 0.419 e. The third-order valence-electron chi connectivity index (χ3n) is 6.33. The van der Waals surface area contributed by atoms with Crippen molar-refractivity contribution in [2.45, 2.75) is 45.8 Å². The second kappa shape index (κ2) is 9.54. The summed E-state index contributed by atoms with van der Waals surface area (Å²) in [5, 5.41) is 21.0. The lowest BCUT2D eigenvalue weighted by Gasteiger charge is -2.43. The molecule has 0 fully saturated rings. The van der Waals surface area contributed by atoms with E-state index in [2.05, 4.69) is 25.7 Å². The van der Waals surface area contributed by atoms with E-state index >= 15 is 0 Å². The predicted molar refractivity (Wildman–Crippen MR) is 130 cm³/mol. The van der Waals surface area contributed by atoms with Gasteiger partial charge in [-0.15, -0.1) is 0 Å². The molecule has 1 aromatic carbocycles. The van der Waals surface area contributed by atoms with Gasteiger partial charge < -0.3 is 25.4 Å². The number of aromatic nitrogens is 4. The summed E-state index contributed by atoms with van der Waals surface area (Å²) in [6.45, 7) is 5.63. The summed E-state index contributed by atoms with van der Waals surface area (Å²) in [6.07, 6.45) is -1.23. The van der Waals surface area contributed by atoms with Crippen LogP contribution in [0.2, 0.25) is 0 Å². The van der Waals surface area contributed by atoms with Crippen molar-refractivity contribution in [3.8, 4) is 5.75 Å². The Bertz CT molecular complexity index is 1330. The molecule has 10 nitrogen and oxygen atoms in total. The largest absolute Gasteiger partial charge is 0.496 e. The predicted octanol–water partition coefficient (Wildman–Crippen LogP) is 3.40. The maximum atomic E-state index is 13.3. The second-order valence-corrected chi connectivity index (χ2v) is 9.16. The zero-order valence-corrected chi connectivity index (χ0v) is 21.0. The molecule has 0 saturated heterocycles. The van der Waals surface area contributed by atoms with E-state index in [0.29, 0.717) is 29.3 Å². The number of hydrogen-bond donors (Lipinski definition) is 3. The highest BCUT2D eigenvalue weighted by Crippen LogP contribution is 2.39. The number of alkyl halides is 3. The number of amides is 1. The van der Waals surface area contributed by atoms with Crippen LogP contribution in [0.4, 0.5) is 30.6 Å². The molecule has 0 bridgehead atoms. The molecule has 198 valence electrons. The number of rotatable bonds is 7. The number of halogens is 3. The van der Waals surface area contributed by atoms with Crippen molar-refractivity contribution in [3.05, 3.63) is 53.0 Å². The number of likely N-dealkylation sites (N-methyl/N-ethyl adjacent to an activating group) is 1. The van der Waals surface area contributed by atoms with Crippen LogP contribution in [0.15, 0.2) is 30.6 Å². The van der Waals surface area contributed by atoms with E-state index in [1.165, 1.54) is 22.8 Å². The molecule has 13 heteroatoms. The van der Waals surface area contributed by atoms with Crippen LogP contribution in [0.25, 0.3) is 0 Å². The Morgan fingerprint density at radius 2 is 1.97 bits per heavy atom. The zero-order chi connectivity index (χ0) is 27.1. The first-order valence-corrected chi connectivity index (χ1v) is 11.5. The quantitative estimate of drug-likeness (QED) is 0.435. The third kappa shape index (κ3) is 4.90. The summed E-state index contributed by atoms with van der Waals surface area (Å²) in [4.78, 5) is 22.9. The molecule has 0 saturated carbocycles. The van der Waals surface area contributed by atoms with E-state index in [-0.39, 0.29) is 18.2 Å². The van der Waals surface area contributed by atoms with E-state index in [1.54, 1.807) is 46.3 Å². The van der Waals surface area contributed by atoms with Gasteiger partial charge in [0, 0.05) is 31.3 Å². The van der Waals surface area contributed by atoms with Gasteiger partial charge in [-0.05, 0) is 24.6 Å². The highest BCUT2D eigenvalue weighted by molar-refractivity contribution is 6.05. The lowest BCUT2D eigenvalue weighted by molar-refractivity contribution is -0.139. The van der Waals surface area contributed by atoms with Crippen molar-refractivity contribution < 1.29 is 27.8 Å². The monoisotopic (exact) mass is 519 g/mol. The fraction of sp³-hybridized carbons (Fsp3) is 0.417. The number of anilines is 3. The van der Waals surface area contributed by atoms with Crippen LogP contribution in [0.3, 0.4) is 0 Å². The molecule has 0 aliphatic carbocycles. The first kappa shape index (κ1) is 26.2. The Labute approximate surface area is 211 Å². The minimum absolute atomic E-state index is 0.139. The topological polar surface area (TPSA) is 117 Å². The maximum absolute atomic E-state index is 13.3. The van der Waals surface area contributed by atoms with E-state index in [9.17, 15) is 23.1 Å². The molecule has 1 amide bonds. The van der Waals surface area contributed by atoms with E-state index in [4.69, 9.17) is 4.74 Å². The normalized spacial score (nSPS) is 17.6. The fourth-order valence-corrected chi connectivity index (χ4v) is 4.22. The molecule has 1 aliphatic rings. The number of nitrogens with one attached hydrogen (secondary N) is 2. The van der Waals surface area contributed by atoms with Crippen molar-refractivity contribution in [3.63, 3.8) is 0 Å². The maximum Gasteiger partial charge on any atom is 0.419 e. The average molecular weight is 520 g/mol. The lowest BCUT2D eigenvalue weighted by atomic mass is 9.94. The summed E-state index contributed by atoms with van der Waals surface area (Å²) < 4.78 is 46.3. The zero-order valence-electron chi connectivity index (χ0n) is 21.0. The van der Waals surface area contributed by atoms with Gasteiger partial charge in [0.05, 0.1) is 31.1 Å².